The Morgan fingerprint density at radius 1 is 0.340 bits per heavy atom. The molecule has 0 amide bonds. The van der Waals surface area contributed by atoms with E-state index in [0.717, 1.165) is 10.4 Å². The predicted molar refractivity (Wildman–Crippen MR) is 230 cm³/mol. The van der Waals surface area contributed by atoms with Crippen LogP contribution in [0.2, 0.25) is 144 Å². The van der Waals surface area contributed by atoms with Crippen LogP contribution in [-0.4, -0.2) is 84.6 Å². The molecule has 0 saturated heterocycles. The van der Waals surface area contributed by atoms with Gasteiger partial charge in [-0.2, -0.15) is 10.5 Å². The predicted octanol–water partition coefficient (Wildman–Crippen LogP) is 8.27. The lowest BCUT2D eigenvalue weighted by Gasteiger charge is -2.44. The largest absolute Gasteiger partial charge is 0.437 e. The van der Waals surface area contributed by atoms with Crippen LogP contribution in [0, 0.1) is 22.7 Å². The van der Waals surface area contributed by atoms with Crippen LogP contribution in [0.25, 0.3) is 0 Å². The Balaban J connectivity index is 3.56. The fourth-order valence-electron chi connectivity index (χ4n) is 7.09. The Kier molecular flexibility index (Phi) is 15.4. The first kappa shape index (κ1) is 48.1. The van der Waals surface area contributed by atoms with Gasteiger partial charge in [0.05, 0.1) is 11.1 Å². The molecule has 0 saturated carbocycles. The van der Waals surface area contributed by atoms with Gasteiger partial charge in [-0.1, -0.05) is 0 Å². The molecule has 10 nitrogen and oxygen atoms in total. The number of nitriles is 2. The second-order valence-corrected chi connectivity index (χ2v) is 57.5. The van der Waals surface area contributed by atoms with E-state index in [0.29, 0.717) is 11.1 Å². The Morgan fingerprint density at radius 2 is 0.540 bits per heavy atom. The van der Waals surface area contributed by atoms with E-state index in [2.05, 4.69) is 156 Å². The van der Waals surface area contributed by atoms with Gasteiger partial charge in [-0.3, -0.25) is 0 Å². The highest BCUT2D eigenvalue weighted by Gasteiger charge is 2.49. The molecule has 1 rings (SSSR count). The van der Waals surface area contributed by atoms with Crippen molar-refractivity contribution in [3.63, 3.8) is 0 Å². The maximum atomic E-state index is 10.1. The van der Waals surface area contributed by atoms with E-state index in [-0.39, 0.29) is 0 Å². The lowest BCUT2D eigenvalue weighted by molar-refractivity contribution is 0.297. The maximum Gasteiger partial charge on any atom is 0.314 e. The quantitative estimate of drug-likeness (QED) is 0.133. The third-order valence-corrected chi connectivity index (χ3v) is 43.0. The molecule has 0 bridgehead atoms. The normalized spacial score (nSPS) is 14.8. The molecule has 1 aromatic rings. The standard InChI is InChI=1S/C30H68N2O8Si10/c1-41(2,3)33-45(11,12)37-49(19,20)39-47(15,16)35-43(7,8)29-23-27(25-31)28(26-32)24-30(29)44(9,10)36-48(17,18)40-50(21,22)38-46(13,14)34-42(4,5)6/h23-24H,1-22H3. The number of benzene rings is 1. The number of nitrogens with zero attached hydrogens (tertiary/aromatic N) is 2. The van der Waals surface area contributed by atoms with Crippen molar-refractivity contribution in [2.75, 3.05) is 0 Å². The zero-order chi connectivity index (χ0) is 39.8. The maximum absolute atomic E-state index is 10.1. The molecule has 0 aliphatic rings. The zero-order valence-corrected chi connectivity index (χ0v) is 45.3. The summed E-state index contributed by atoms with van der Waals surface area (Å²) < 4.78 is 54.2. The fraction of sp³-hybridized carbons (Fsp3) is 0.733. The van der Waals surface area contributed by atoms with Crippen LogP contribution >= 0.6 is 0 Å². The Hall–Kier alpha value is 0.0488. The van der Waals surface area contributed by atoms with Crippen LogP contribution in [0.1, 0.15) is 11.1 Å². The van der Waals surface area contributed by atoms with Crippen molar-refractivity contribution in [2.45, 2.75) is 144 Å². The van der Waals surface area contributed by atoms with Crippen LogP contribution < -0.4 is 10.4 Å². The van der Waals surface area contributed by atoms with Crippen molar-refractivity contribution in [1.29, 1.82) is 10.5 Å². The van der Waals surface area contributed by atoms with Crippen LogP contribution in [0.5, 0.6) is 0 Å². The minimum atomic E-state index is -2.79. The summed E-state index contributed by atoms with van der Waals surface area (Å²) >= 11 is 0. The summed E-state index contributed by atoms with van der Waals surface area (Å²) in [6.07, 6.45) is 0. The smallest absolute Gasteiger partial charge is 0.314 e. The summed E-state index contributed by atoms with van der Waals surface area (Å²) in [6, 6.07) is 8.21. The highest BCUT2D eigenvalue weighted by Crippen LogP contribution is 2.29. The average molecular weight is 866 g/mol. The van der Waals surface area contributed by atoms with Gasteiger partial charge in [-0.15, -0.1) is 0 Å². The van der Waals surface area contributed by atoms with E-state index >= 15 is 0 Å². The van der Waals surface area contributed by atoms with Crippen LogP contribution in [0.4, 0.5) is 0 Å². The molecular weight excluding hydrogens is 797 g/mol. The van der Waals surface area contributed by atoms with Gasteiger partial charge < -0.3 is 32.9 Å². The van der Waals surface area contributed by atoms with Crippen LogP contribution in [0.3, 0.4) is 0 Å². The first-order valence-electron chi connectivity index (χ1n) is 17.4. The molecule has 0 spiro atoms. The van der Waals surface area contributed by atoms with Gasteiger partial charge in [0.1, 0.15) is 12.1 Å². The van der Waals surface area contributed by atoms with E-state index in [4.69, 9.17) is 32.9 Å². The highest BCUT2D eigenvalue weighted by atomic mass is 28.5. The zero-order valence-electron chi connectivity index (χ0n) is 35.3. The molecule has 286 valence electrons. The van der Waals surface area contributed by atoms with E-state index < -0.39 is 84.6 Å². The van der Waals surface area contributed by atoms with Gasteiger partial charge in [0.15, 0.2) is 16.6 Å². The second kappa shape index (κ2) is 16.0. The Morgan fingerprint density at radius 3 is 0.740 bits per heavy atom. The number of hydrogen-bond donors (Lipinski definition) is 0. The molecule has 0 N–H and O–H groups in total. The third-order valence-electron chi connectivity index (χ3n) is 6.77. The minimum Gasteiger partial charge on any atom is -0.437 e. The molecule has 0 fully saturated rings. The Bertz CT molecular complexity index is 1330. The van der Waals surface area contributed by atoms with Crippen LogP contribution in [-0.2, 0) is 32.9 Å². The van der Waals surface area contributed by atoms with Crippen molar-refractivity contribution in [3.8, 4) is 12.1 Å². The van der Waals surface area contributed by atoms with Crippen LogP contribution in [0.15, 0.2) is 12.1 Å². The van der Waals surface area contributed by atoms with Crippen molar-refractivity contribution < 1.29 is 32.9 Å². The summed E-state index contributed by atoms with van der Waals surface area (Å²) in [4.78, 5) is 0. The molecule has 50 heavy (non-hydrogen) atoms. The van der Waals surface area contributed by atoms with Gasteiger partial charge in [-0.05, 0) is 167 Å². The highest BCUT2D eigenvalue weighted by molar-refractivity contribution is 7.00. The van der Waals surface area contributed by atoms with Crippen molar-refractivity contribution in [3.05, 3.63) is 23.3 Å². The average Bonchev–Trinajstić information content (AvgIpc) is 2.74. The molecule has 0 radical (unpaired) electrons. The summed E-state index contributed by atoms with van der Waals surface area (Å²) in [5, 5.41) is 22.0. The molecular formula is C30H68N2O8Si10. The number of hydrogen-bond acceptors (Lipinski definition) is 10. The van der Waals surface area contributed by atoms with E-state index in [1.165, 1.54) is 0 Å². The first-order valence-corrected chi connectivity index (χ1v) is 46.9. The van der Waals surface area contributed by atoms with Gasteiger partial charge in [-0.25, -0.2) is 0 Å². The summed E-state index contributed by atoms with van der Waals surface area (Å²) in [5.74, 6) is 0. The minimum absolute atomic E-state index is 0.333. The van der Waals surface area contributed by atoms with Crippen molar-refractivity contribution >= 4 is 95.0 Å². The lowest BCUT2D eigenvalue weighted by atomic mass is 10.1. The molecule has 1 aromatic carbocycles. The monoisotopic (exact) mass is 864 g/mol. The van der Waals surface area contributed by atoms with Gasteiger partial charge in [0, 0.05) is 0 Å². The van der Waals surface area contributed by atoms with E-state index in [9.17, 15) is 10.5 Å². The summed E-state index contributed by atoms with van der Waals surface area (Å²) in [6.45, 7) is 46.5. The molecule has 20 heteroatoms. The van der Waals surface area contributed by atoms with E-state index in [1.54, 1.807) is 0 Å². The topological polar surface area (TPSA) is 121 Å². The molecule has 0 aromatic heterocycles. The van der Waals surface area contributed by atoms with E-state index in [1.807, 2.05) is 12.1 Å². The van der Waals surface area contributed by atoms with Crippen molar-refractivity contribution in [1.82, 2.24) is 0 Å². The molecule has 0 atom stereocenters. The van der Waals surface area contributed by atoms with Gasteiger partial charge in [0.2, 0.25) is 16.6 Å². The lowest BCUT2D eigenvalue weighted by Crippen LogP contribution is -2.67. The third kappa shape index (κ3) is 16.6. The summed E-state index contributed by atoms with van der Waals surface area (Å²) in [7, 11) is -25.0. The Labute approximate surface area is 316 Å². The SMILES string of the molecule is C[Si](C)(C)O[Si](C)(C)O[Si](C)(C)O[Si](C)(C)O[Si](C)(C)c1cc(C#N)c(C#N)cc1[Si](C)(C)O[Si](C)(C)O[Si](C)(C)O[Si](C)(C)O[Si](C)(C)C. The van der Waals surface area contributed by atoms with Gasteiger partial charge >= 0.3 is 51.4 Å². The number of rotatable bonds is 18. The van der Waals surface area contributed by atoms with Gasteiger partial charge in [0.25, 0.3) is 0 Å². The molecule has 0 heterocycles. The first-order chi connectivity index (χ1) is 21.8. The summed E-state index contributed by atoms with van der Waals surface area (Å²) in [5.41, 5.74) is 0.665. The molecule has 0 aliphatic heterocycles. The molecule has 0 aliphatic carbocycles. The molecule has 0 unspecified atom stereocenters. The fourth-order valence-corrected chi connectivity index (χ4v) is 56.0. The van der Waals surface area contributed by atoms with Crippen molar-refractivity contribution in [2.24, 2.45) is 0 Å². The second-order valence-electron chi connectivity index (χ2n) is 18.6.